The molecule has 0 radical (unpaired) electrons. The highest BCUT2D eigenvalue weighted by atomic mass is 19.1. The first-order valence-electron chi connectivity index (χ1n) is 7.87. The number of fused-ring (bicyclic) bond motifs is 3. The highest BCUT2D eigenvalue weighted by Gasteiger charge is 2.23. The van der Waals surface area contributed by atoms with Crippen molar-refractivity contribution in [3.8, 4) is 0 Å². The number of benzene rings is 1. The fourth-order valence-electron chi connectivity index (χ4n) is 3.08. The predicted octanol–water partition coefficient (Wildman–Crippen LogP) is 2.28. The van der Waals surface area contributed by atoms with E-state index < -0.39 is 11.8 Å². The van der Waals surface area contributed by atoms with Gasteiger partial charge in [0.05, 0.1) is 28.8 Å². The van der Waals surface area contributed by atoms with Gasteiger partial charge in [-0.05, 0) is 31.9 Å². The second-order valence-electron chi connectivity index (χ2n) is 5.61. The smallest absolute Gasteiger partial charge is 0.338 e. The Bertz CT molecular complexity index is 860. The van der Waals surface area contributed by atoms with Crippen LogP contribution in [0.15, 0.2) is 16.9 Å². The molecule has 2 aromatic rings. The number of nitrogens with one attached hydrogen (secondary N) is 1. The molecule has 0 unspecified atom stereocenters. The number of rotatable bonds is 4. The minimum atomic E-state index is -0.625. The van der Waals surface area contributed by atoms with Crippen molar-refractivity contribution in [3.63, 3.8) is 0 Å². The maximum atomic E-state index is 14.8. The largest absolute Gasteiger partial charge is 0.462 e. The molecule has 0 spiro atoms. The predicted molar refractivity (Wildman–Crippen MR) is 87.9 cm³/mol. The maximum Gasteiger partial charge on any atom is 0.338 e. The molecule has 128 valence electrons. The van der Waals surface area contributed by atoms with Crippen molar-refractivity contribution >= 4 is 22.6 Å². The van der Waals surface area contributed by atoms with E-state index in [-0.39, 0.29) is 24.5 Å². The van der Waals surface area contributed by atoms with Crippen LogP contribution in [-0.4, -0.2) is 30.8 Å². The van der Waals surface area contributed by atoms with Gasteiger partial charge in [-0.15, -0.1) is 0 Å². The van der Waals surface area contributed by atoms with Crippen LogP contribution in [-0.2, 0) is 22.6 Å². The number of anilines is 1. The molecule has 0 amide bonds. The van der Waals surface area contributed by atoms with Gasteiger partial charge in [-0.25, -0.2) is 9.18 Å². The molecule has 0 fully saturated rings. The van der Waals surface area contributed by atoms with Crippen molar-refractivity contribution in [2.24, 2.45) is 0 Å². The summed E-state index contributed by atoms with van der Waals surface area (Å²) < 4.78 is 26.2. The van der Waals surface area contributed by atoms with Crippen molar-refractivity contribution < 1.29 is 18.7 Å². The lowest BCUT2D eigenvalue weighted by Gasteiger charge is -2.22. The number of esters is 1. The van der Waals surface area contributed by atoms with E-state index in [4.69, 9.17) is 9.47 Å². The molecule has 24 heavy (non-hydrogen) atoms. The van der Waals surface area contributed by atoms with E-state index in [1.54, 1.807) is 6.92 Å². The summed E-state index contributed by atoms with van der Waals surface area (Å²) in [5, 5.41) is 3.42. The molecule has 2 heterocycles. The number of carbonyl (C=O) groups excluding carboxylic acids is 1. The van der Waals surface area contributed by atoms with E-state index in [9.17, 15) is 14.0 Å². The summed E-state index contributed by atoms with van der Waals surface area (Å²) in [6, 6.07) is 2.63. The zero-order chi connectivity index (χ0) is 17.3. The van der Waals surface area contributed by atoms with Crippen LogP contribution in [0.2, 0.25) is 0 Å². The summed E-state index contributed by atoms with van der Waals surface area (Å²) in [6.45, 7) is 2.52. The van der Waals surface area contributed by atoms with Gasteiger partial charge in [0.15, 0.2) is 0 Å². The molecule has 1 aliphatic heterocycles. The lowest BCUT2D eigenvalue weighted by atomic mass is 9.99. The third-order valence-electron chi connectivity index (χ3n) is 4.09. The molecule has 1 aliphatic rings. The van der Waals surface area contributed by atoms with Gasteiger partial charge in [0.1, 0.15) is 12.5 Å². The molecule has 0 saturated carbocycles. The van der Waals surface area contributed by atoms with E-state index >= 15 is 0 Å². The number of carbonyl (C=O) groups is 1. The second-order valence-corrected chi connectivity index (χ2v) is 5.61. The zero-order valence-electron chi connectivity index (χ0n) is 13.6. The van der Waals surface area contributed by atoms with Crippen molar-refractivity contribution in [2.45, 2.75) is 26.5 Å². The number of aromatic nitrogens is 1. The van der Waals surface area contributed by atoms with Crippen molar-refractivity contribution in [3.05, 3.63) is 39.4 Å². The van der Waals surface area contributed by atoms with Crippen molar-refractivity contribution in [1.82, 2.24) is 4.57 Å². The van der Waals surface area contributed by atoms with Gasteiger partial charge < -0.3 is 14.8 Å². The van der Waals surface area contributed by atoms with Crippen LogP contribution < -0.4 is 10.9 Å². The number of ether oxygens (including phenoxy) is 2. The van der Waals surface area contributed by atoms with E-state index in [0.29, 0.717) is 35.1 Å². The first-order chi connectivity index (χ1) is 11.6. The maximum absolute atomic E-state index is 14.8. The van der Waals surface area contributed by atoms with Crippen LogP contribution in [0.4, 0.5) is 10.1 Å². The minimum absolute atomic E-state index is 0.0195. The first kappa shape index (κ1) is 16.4. The number of halogens is 1. The third-order valence-corrected chi connectivity index (χ3v) is 4.09. The molecular weight excluding hydrogens is 315 g/mol. The van der Waals surface area contributed by atoms with Crippen LogP contribution in [0.3, 0.4) is 0 Å². The van der Waals surface area contributed by atoms with Gasteiger partial charge in [-0.3, -0.25) is 9.36 Å². The van der Waals surface area contributed by atoms with Gasteiger partial charge in [-0.2, -0.15) is 0 Å². The lowest BCUT2D eigenvalue weighted by molar-refractivity contribution is 0.0526. The number of nitrogens with zero attached hydrogens (tertiary/aromatic N) is 1. The standard InChI is InChI=1S/C17H19FN2O4/c1-3-24-17(22)10-7-12(18)14-13(8-10)20(9-23-2)16(21)11-5-4-6-19-15(11)14/h7-8,19H,3-6,9H2,1-2H3. The summed E-state index contributed by atoms with van der Waals surface area (Å²) >= 11 is 0. The first-order valence-corrected chi connectivity index (χ1v) is 7.87. The molecule has 0 bridgehead atoms. The molecule has 1 aromatic heterocycles. The molecule has 0 saturated heterocycles. The van der Waals surface area contributed by atoms with Crippen LogP contribution in [0.5, 0.6) is 0 Å². The summed E-state index contributed by atoms with van der Waals surface area (Å²) in [5.41, 5.74) is 1.22. The van der Waals surface area contributed by atoms with Gasteiger partial charge in [0, 0.05) is 19.2 Å². The summed E-state index contributed by atoms with van der Waals surface area (Å²) in [5.74, 6) is -1.19. The number of methoxy groups -OCH3 is 1. The lowest BCUT2D eigenvalue weighted by Crippen LogP contribution is -2.30. The summed E-state index contributed by atoms with van der Waals surface area (Å²) in [6.07, 6.45) is 1.39. The van der Waals surface area contributed by atoms with Crippen LogP contribution in [0, 0.1) is 5.82 Å². The number of hydrogen-bond donors (Lipinski definition) is 1. The molecule has 6 nitrogen and oxygen atoms in total. The summed E-state index contributed by atoms with van der Waals surface area (Å²) in [4.78, 5) is 24.7. The Balaban J connectivity index is 2.35. The normalized spacial score (nSPS) is 13.5. The Morgan fingerprint density at radius 2 is 2.21 bits per heavy atom. The van der Waals surface area contributed by atoms with Gasteiger partial charge in [0.25, 0.3) is 5.56 Å². The fourth-order valence-corrected chi connectivity index (χ4v) is 3.08. The quantitative estimate of drug-likeness (QED) is 0.869. The molecule has 0 aliphatic carbocycles. The molecular formula is C17H19FN2O4. The Morgan fingerprint density at radius 3 is 2.92 bits per heavy atom. The average Bonchev–Trinajstić information content (AvgIpc) is 2.58. The number of hydrogen-bond acceptors (Lipinski definition) is 5. The Morgan fingerprint density at radius 1 is 1.42 bits per heavy atom. The van der Waals surface area contributed by atoms with Crippen molar-refractivity contribution in [1.29, 1.82) is 0 Å². The van der Waals surface area contributed by atoms with E-state index in [0.717, 1.165) is 12.5 Å². The molecule has 1 N–H and O–H groups in total. The average molecular weight is 334 g/mol. The van der Waals surface area contributed by atoms with Crippen LogP contribution in [0.25, 0.3) is 10.9 Å². The highest BCUT2D eigenvalue weighted by molar-refractivity contribution is 5.99. The molecule has 1 aromatic carbocycles. The van der Waals surface area contributed by atoms with Gasteiger partial charge in [0.2, 0.25) is 0 Å². The fraction of sp³-hybridized carbons (Fsp3) is 0.412. The van der Waals surface area contributed by atoms with E-state index in [2.05, 4.69) is 5.32 Å². The molecule has 3 rings (SSSR count). The SMILES string of the molecule is CCOC(=O)c1cc(F)c2c3c(c(=O)n(COC)c2c1)CCCN3. The van der Waals surface area contributed by atoms with Crippen LogP contribution in [0.1, 0.15) is 29.3 Å². The van der Waals surface area contributed by atoms with Crippen molar-refractivity contribution in [2.75, 3.05) is 25.6 Å². The van der Waals surface area contributed by atoms with Gasteiger partial charge in [-0.1, -0.05) is 0 Å². The Kier molecular flexibility index (Phi) is 4.53. The van der Waals surface area contributed by atoms with Crippen LogP contribution >= 0.6 is 0 Å². The van der Waals surface area contributed by atoms with E-state index in [1.165, 1.54) is 17.7 Å². The topological polar surface area (TPSA) is 69.6 Å². The Labute approximate surface area is 138 Å². The molecule has 7 heteroatoms. The molecule has 0 atom stereocenters. The van der Waals surface area contributed by atoms with E-state index in [1.807, 2.05) is 0 Å². The monoisotopic (exact) mass is 334 g/mol. The Hall–Kier alpha value is -2.41. The van der Waals surface area contributed by atoms with Gasteiger partial charge >= 0.3 is 5.97 Å². The summed E-state index contributed by atoms with van der Waals surface area (Å²) in [7, 11) is 1.46. The number of pyridine rings is 1. The zero-order valence-corrected chi connectivity index (χ0v) is 13.6. The highest BCUT2D eigenvalue weighted by Crippen LogP contribution is 2.31. The third kappa shape index (κ3) is 2.65. The minimum Gasteiger partial charge on any atom is -0.462 e. The second kappa shape index (κ2) is 6.60.